The normalized spacial score (nSPS) is 9.85. The van der Waals surface area contributed by atoms with Gasteiger partial charge in [0.25, 0.3) is 0 Å². The van der Waals surface area contributed by atoms with E-state index in [1.54, 1.807) is 0 Å². The van der Waals surface area contributed by atoms with Crippen LogP contribution in [0.3, 0.4) is 0 Å². The molecule has 0 saturated carbocycles. The maximum Gasteiger partial charge on any atom is 0.315 e. The smallest absolute Gasteiger partial charge is 0.315 e. The minimum atomic E-state index is -0.623. The number of carbonyl (C=O) groups is 1. The molecule has 0 fully saturated rings. The second kappa shape index (κ2) is 6.18. The third kappa shape index (κ3) is 3.34. The molecule has 0 heterocycles. The van der Waals surface area contributed by atoms with Gasteiger partial charge >= 0.3 is 5.97 Å². The van der Waals surface area contributed by atoms with Gasteiger partial charge in [-0.15, -0.1) is 0 Å². The van der Waals surface area contributed by atoms with Crippen LogP contribution in [0.4, 0.5) is 4.39 Å². The van der Waals surface area contributed by atoms with Crippen molar-refractivity contribution < 1.29 is 13.9 Å². The first-order valence-electron chi connectivity index (χ1n) is 5.74. The number of nitrogens with zero attached hydrogens (tertiary/aromatic N) is 1. The zero-order valence-electron chi connectivity index (χ0n) is 10.3. The number of hydrogen-bond acceptors (Lipinski definition) is 3. The van der Waals surface area contributed by atoms with Gasteiger partial charge in [-0.05, 0) is 36.4 Å². The molecule has 100 valence electrons. The number of nitriles is 1. The number of carbonyl (C=O) groups excluding carboxylic acids is 1. The molecule has 0 aliphatic carbocycles. The minimum absolute atomic E-state index is 0.104. The molecule has 0 bridgehead atoms. The highest BCUT2D eigenvalue weighted by Crippen LogP contribution is 2.20. The number of benzene rings is 2. The van der Waals surface area contributed by atoms with Crippen molar-refractivity contribution >= 4 is 17.6 Å². The standard InChI is InChI=1S/C15H9ClFNO2/c16-13-2-1-3-14(17)12(13)8-15(19)20-11-6-4-10(9-18)5-7-11/h1-7H,8H2. The summed E-state index contributed by atoms with van der Waals surface area (Å²) in [6.07, 6.45) is -0.258. The molecule has 0 saturated heterocycles. The summed E-state index contributed by atoms with van der Waals surface area (Å²) in [5.74, 6) is -0.877. The van der Waals surface area contributed by atoms with E-state index in [2.05, 4.69) is 0 Å². The second-order valence-corrected chi connectivity index (χ2v) is 4.39. The lowest BCUT2D eigenvalue weighted by Gasteiger charge is -2.06. The Morgan fingerprint density at radius 3 is 2.55 bits per heavy atom. The molecule has 2 aromatic rings. The average molecular weight is 290 g/mol. The third-order valence-electron chi connectivity index (χ3n) is 2.60. The van der Waals surface area contributed by atoms with E-state index in [4.69, 9.17) is 21.6 Å². The number of rotatable bonds is 3. The molecular weight excluding hydrogens is 281 g/mol. The summed E-state index contributed by atoms with van der Waals surface area (Å²) in [5, 5.41) is 8.83. The van der Waals surface area contributed by atoms with E-state index in [0.29, 0.717) is 11.3 Å². The Morgan fingerprint density at radius 1 is 1.25 bits per heavy atom. The Hall–Kier alpha value is -2.38. The van der Waals surface area contributed by atoms with E-state index < -0.39 is 11.8 Å². The summed E-state index contributed by atoms with van der Waals surface area (Å²) in [6.45, 7) is 0. The van der Waals surface area contributed by atoms with E-state index >= 15 is 0 Å². The molecule has 2 aromatic carbocycles. The van der Waals surface area contributed by atoms with Gasteiger partial charge in [0.05, 0.1) is 18.1 Å². The molecule has 0 aliphatic heterocycles. The van der Waals surface area contributed by atoms with Crippen LogP contribution in [0.5, 0.6) is 5.75 Å². The van der Waals surface area contributed by atoms with Crippen molar-refractivity contribution in [2.45, 2.75) is 6.42 Å². The first kappa shape index (κ1) is 14.0. The second-order valence-electron chi connectivity index (χ2n) is 3.99. The van der Waals surface area contributed by atoms with Crippen LogP contribution < -0.4 is 4.74 Å². The van der Waals surface area contributed by atoms with E-state index in [-0.39, 0.29) is 17.0 Å². The fourth-order valence-corrected chi connectivity index (χ4v) is 1.84. The Kier molecular flexibility index (Phi) is 4.34. The minimum Gasteiger partial charge on any atom is -0.426 e. The van der Waals surface area contributed by atoms with Gasteiger partial charge in [-0.1, -0.05) is 17.7 Å². The van der Waals surface area contributed by atoms with Gasteiger partial charge in [0.2, 0.25) is 0 Å². The highest BCUT2D eigenvalue weighted by atomic mass is 35.5. The van der Waals surface area contributed by atoms with Gasteiger partial charge < -0.3 is 4.74 Å². The topological polar surface area (TPSA) is 50.1 Å². The Balaban J connectivity index is 2.07. The highest BCUT2D eigenvalue weighted by molar-refractivity contribution is 6.31. The molecule has 0 atom stereocenters. The molecular formula is C15H9ClFNO2. The van der Waals surface area contributed by atoms with Crippen LogP contribution in [0.25, 0.3) is 0 Å². The van der Waals surface area contributed by atoms with E-state index in [0.717, 1.165) is 0 Å². The fourth-order valence-electron chi connectivity index (χ4n) is 1.61. The van der Waals surface area contributed by atoms with Crippen LogP contribution >= 0.6 is 11.6 Å². The number of hydrogen-bond donors (Lipinski definition) is 0. The largest absolute Gasteiger partial charge is 0.426 e. The first-order valence-corrected chi connectivity index (χ1v) is 6.11. The monoisotopic (exact) mass is 289 g/mol. The van der Waals surface area contributed by atoms with Crippen LogP contribution in [-0.2, 0) is 11.2 Å². The summed E-state index contributed by atoms with van der Waals surface area (Å²) in [4.78, 5) is 11.7. The predicted octanol–water partition coefficient (Wildman–Crippen LogP) is 3.50. The predicted molar refractivity (Wildman–Crippen MR) is 71.9 cm³/mol. The van der Waals surface area contributed by atoms with Crippen molar-refractivity contribution in [3.8, 4) is 11.8 Å². The Bertz CT molecular complexity index is 657. The molecule has 0 N–H and O–H groups in total. The van der Waals surface area contributed by atoms with E-state index in [1.807, 2.05) is 6.07 Å². The summed E-state index contributed by atoms with van der Waals surface area (Å²) in [7, 11) is 0. The molecule has 3 nitrogen and oxygen atoms in total. The van der Waals surface area contributed by atoms with Crippen molar-refractivity contribution in [1.82, 2.24) is 0 Å². The van der Waals surface area contributed by atoms with Gasteiger partial charge in [-0.3, -0.25) is 4.79 Å². The summed E-state index contributed by atoms with van der Waals surface area (Å²) in [6, 6.07) is 12.2. The van der Waals surface area contributed by atoms with Gasteiger partial charge in [0.15, 0.2) is 0 Å². The molecule has 0 spiro atoms. The Labute approximate surface area is 120 Å². The Morgan fingerprint density at radius 2 is 1.95 bits per heavy atom. The highest BCUT2D eigenvalue weighted by Gasteiger charge is 2.13. The molecule has 2 rings (SSSR count). The van der Waals surface area contributed by atoms with Crippen LogP contribution in [0.1, 0.15) is 11.1 Å². The van der Waals surface area contributed by atoms with E-state index in [1.165, 1.54) is 42.5 Å². The van der Waals surface area contributed by atoms with Gasteiger partial charge in [-0.25, -0.2) is 4.39 Å². The summed E-state index contributed by atoms with van der Waals surface area (Å²) >= 11 is 5.83. The van der Waals surface area contributed by atoms with Gasteiger partial charge in [0, 0.05) is 10.6 Å². The zero-order valence-corrected chi connectivity index (χ0v) is 11.0. The molecule has 0 aromatic heterocycles. The quantitative estimate of drug-likeness (QED) is 0.642. The van der Waals surface area contributed by atoms with Crippen molar-refractivity contribution in [3.05, 3.63) is 64.4 Å². The summed E-state index contributed by atoms with van der Waals surface area (Å²) in [5.41, 5.74) is 0.565. The molecule has 0 unspecified atom stereocenters. The molecule has 20 heavy (non-hydrogen) atoms. The fraction of sp³-hybridized carbons (Fsp3) is 0.0667. The zero-order chi connectivity index (χ0) is 14.5. The maximum atomic E-state index is 13.5. The van der Waals surface area contributed by atoms with Crippen molar-refractivity contribution in [2.75, 3.05) is 0 Å². The molecule has 0 aliphatic rings. The van der Waals surface area contributed by atoms with Crippen LogP contribution in [0.2, 0.25) is 5.02 Å². The maximum absolute atomic E-state index is 13.5. The third-order valence-corrected chi connectivity index (χ3v) is 2.95. The number of esters is 1. The van der Waals surface area contributed by atoms with Gasteiger partial charge in [-0.2, -0.15) is 5.26 Å². The van der Waals surface area contributed by atoms with Crippen LogP contribution in [0, 0.1) is 17.1 Å². The average Bonchev–Trinajstić information content (AvgIpc) is 2.44. The van der Waals surface area contributed by atoms with Crippen LogP contribution in [0.15, 0.2) is 42.5 Å². The van der Waals surface area contributed by atoms with Crippen LogP contribution in [-0.4, -0.2) is 5.97 Å². The summed E-state index contributed by atoms with van der Waals surface area (Å²) < 4.78 is 18.6. The first-order chi connectivity index (χ1) is 9.60. The molecule has 0 amide bonds. The lowest BCUT2D eigenvalue weighted by molar-refractivity contribution is -0.133. The number of ether oxygens (including phenoxy) is 1. The molecule has 5 heteroatoms. The van der Waals surface area contributed by atoms with Gasteiger partial charge in [0.1, 0.15) is 11.6 Å². The van der Waals surface area contributed by atoms with Crippen molar-refractivity contribution in [1.29, 1.82) is 5.26 Å². The lowest BCUT2D eigenvalue weighted by Crippen LogP contribution is -2.12. The number of halogens is 2. The van der Waals surface area contributed by atoms with Crippen molar-refractivity contribution in [3.63, 3.8) is 0 Å². The lowest BCUT2D eigenvalue weighted by atomic mass is 10.1. The van der Waals surface area contributed by atoms with E-state index in [9.17, 15) is 9.18 Å². The molecule has 0 radical (unpaired) electrons. The van der Waals surface area contributed by atoms with Crippen molar-refractivity contribution in [2.24, 2.45) is 0 Å². The SMILES string of the molecule is N#Cc1ccc(OC(=O)Cc2c(F)cccc2Cl)cc1.